The number of carbonyl (C=O) groups is 1. The molecule has 1 aliphatic heterocycles. The van der Waals surface area contributed by atoms with Crippen LogP contribution in [0.25, 0.3) is 0 Å². The number of rotatable bonds is 5. The van der Waals surface area contributed by atoms with Crippen molar-refractivity contribution < 1.29 is 9.53 Å². The van der Waals surface area contributed by atoms with E-state index in [1.54, 1.807) is 13.2 Å². The second-order valence-corrected chi connectivity index (χ2v) is 6.85. The first-order valence-corrected chi connectivity index (χ1v) is 8.88. The number of hydrogen-bond acceptors (Lipinski definition) is 3. The van der Waals surface area contributed by atoms with Gasteiger partial charge in [0.05, 0.1) is 13.7 Å². The van der Waals surface area contributed by atoms with Crippen LogP contribution >= 0.6 is 11.6 Å². The quantitative estimate of drug-likeness (QED) is 0.859. The van der Waals surface area contributed by atoms with E-state index in [-0.39, 0.29) is 11.9 Å². The normalized spacial score (nSPS) is 17.5. The second kappa shape index (κ2) is 7.89. The van der Waals surface area contributed by atoms with Crippen LogP contribution in [0.5, 0.6) is 5.75 Å². The van der Waals surface area contributed by atoms with E-state index in [0.717, 1.165) is 36.4 Å². The molecule has 1 N–H and O–H groups in total. The minimum Gasteiger partial charge on any atom is -0.497 e. The highest BCUT2D eigenvalue weighted by Gasteiger charge is 2.27. The Bertz CT molecular complexity index is 746. The van der Waals surface area contributed by atoms with E-state index in [2.05, 4.69) is 22.3 Å². The molecule has 1 amide bonds. The van der Waals surface area contributed by atoms with Crippen LogP contribution in [0, 0.1) is 6.92 Å². The van der Waals surface area contributed by atoms with Gasteiger partial charge in [-0.25, -0.2) is 0 Å². The lowest BCUT2D eigenvalue weighted by Gasteiger charge is -2.24. The van der Waals surface area contributed by atoms with E-state index in [4.69, 9.17) is 16.3 Å². The Morgan fingerprint density at radius 3 is 2.76 bits per heavy atom. The van der Waals surface area contributed by atoms with Gasteiger partial charge in [-0.15, -0.1) is 0 Å². The molecule has 1 unspecified atom stereocenters. The van der Waals surface area contributed by atoms with Gasteiger partial charge in [-0.2, -0.15) is 0 Å². The SMILES string of the molecule is COc1ccc(C2CCCN2CC(=O)Nc2cc(Cl)ccc2C)cc1. The van der Waals surface area contributed by atoms with Crippen LogP contribution < -0.4 is 10.1 Å². The summed E-state index contributed by atoms with van der Waals surface area (Å²) in [5.41, 5.74) is 3.01. The van der Waals surface area contributed by atoms with Gasteiger partial charge in [0.15, 0.2) is 0 Å². The number of methoxy groups -OCH3 is 1. The number of amides is 1. The molecule has 5 heteroatoms. The van der Waals surface area contributed by atoms with E-state index in [9.17, 15) is 4.79 Å². The number of anilines is 1. The van der Waals surface area contributed by atoms with E-state index in [1.165, 1.54) is 5.56 Å². The molecule has 0 radical (unpaired) electrons. The summed E-state index contributed by atoms with van der Waals surface area (Å²) in [7, 11) is 1.67. The molecule has 0 spiro atoms. The number of nitrogens with zero attached hydrogens (tertiary/aromatic N) is 1. The molecule has 2 aromatic carbocycles. The Morgan fingerprint density at radius 1 is 1.28 bits per heavy atom. The Labute approximate surface area is 153 Å². The number of carbonyl (C=O) groups excluding carboxylic acids is 1. The molecular weight excluding hydrogens is 336 g/mol. The topological polar surface area (TPSA) is 41.6 Å². The van der Waals surface area contributed by atoms with Crippen LogP contribution in [0.3, 0.4) is 0 Å². The first kappa shape index (κ1) is 17.8. The van der Waals surface area contributed by atoms with Gasteiger partial charge in [0.25, 0.3) is 0 Å². The molecule has 0 saturated carbocycles. The van der Waals surface area contributed by atoms with Crippen LogP contribution in [0.4, 0.5) is 5.69 Å². The fourth-order valence-electron chi connectivity index (χ4n) is 3.32. The molecular formula is C20H23ClN2O2. The molecule has 2 aromatic rings. The Kier molecular flexibility index (Phi) is 5.61. The van der Waals surface area contributed by atoms with Crippen molar-refractivity contribution in [3.8, 4) is 5.75 Å². The van der Waals surface area contributed by atoms with Crippen LogP contribution in [0.2, 0.25) is 5.02 Å². The lowest BCUT2D eigenvalue weighted by Crippen LogP contribution is -2.33. The minimum absolute atomic E-state index is 0.00854. The maximum Gasteiger partial charge on any atom is 0.238 e. The van der Waals surface area contributed by atoms with Crippen LogP contribution in [-0.4, -0.2) is 31.0 Å². The zero-order valence-corrected chi connectivity index (χ0v) is 15.3. The molecule has 1 atom stereocenters. The van der Waals surface area contributed by atoms with Crippen LogP contribution in [0.15, 0.2) is 42.5 Å². The van der Waals surface area contributed by atoms with Crippen LogP contribution in [-0.2, 0) is 4.79 Å². The Morgan fingerprint density at radius 2 is 2.04 bits per heavy atom. The zero-order valence-electron chi connectivity index (χ0n) is 14.6. The summed E-state index contributed by atoms with van der Waals surface area (Å²) in [6.07, 6.45) is 2.16. The van der Waals surface area contributed by atoms with Gasteiger partial charge >= 0.3 is 0 Å². The third-order valence-electron chi connectivity index (χ3n) is 4.68. The average Bonchev–Trinajstić information content (AvgIpc) is 3.06. The predicted molar refractivity (Wildman–Crippen MR) is 101 cm³/mol. The summed E-state index contributed by atoms with van der Waals surface area (Å²) in [4.78, 5) is 14.7. The third kappa shape index (κ3) is 4.33. The van der Waals surface area contributed by atoms with Gasteiger partial charge in [-0.1, -0.05) is 29.8 Å². The Balaban J connectivity index is 1.66. The van der Waals surface area contributed by atoms with Crippen molar-refractivity contribution in [2.24, 2.45) is 0 Å². The molecule has 0 bridgehead atoms. The highest BCUT2D eigenvalue weighted by atomic mass is 35.5. The van der Waals surface area contributed by atoms with Crippen molar-refractivity contribution in [2.45, 2.75) is 25.8 Å². The first-order chi connectivity index (χ1) is 12.1. The summed E-state index contributed by atoms with van der Waals surface area (Å²) >= 11 is 6.03. The number of halogens is 1. The predicted octanol–water partition coefficient (Wildman–Crippen LogP) is 4.43. The summed E-state index contributed by atoms with van der Waals surface area (Å²) in [5.74, 6) is 0.841. The number of nitrogens with one attached hydrogen (secondary N) is 1. The molecule has 132 valence electrons. The van der Waals surface area contributed by atoms with Crippen molar-refractivity contribution in [3.63, 3.8) is 0 Å². The molecule has 1 aliphatic rings. The lowest BCUT2D eigenvalue weighted by atomic mass is 10.0. The van der Waals surface area contributed by atoms with Crippen LogP contribution in [0.1, 0.15) is 30.0 Å². The van der Waals surface area contributed by atoms with Gasteiger partial charge in [0, 0.05) is 16.8 Å². The van der Waals surface area contributed by atoms with Crippen molar-refractivity contribution in [3.05, 3.63) is 58.6 Å². The van der Waals surface area contributed by atoms with E-state index < -0.39 is 0 Å². The number of hydrogen-bond donors (Lipinski definition) is 1. The summed E-state index contributed by atoms with van der Waals surface area (Å²) in [5, 5.41) is 3.61. The van der Waals surface area contributed by atoms with Crippen molar-refractivity contribution in [1.29, 1.82) is 0 Å². The lowest BCUT2D eigenvalue weighted by molar-refractivity contribution is -0.117. The molecule has 1 heterocycles. The van der Waals surface area contributed by atoms with Gasteiger partial charge < -0.3 is 10.1 Å². The monoisotopic (exact) mass is 358 g/mol. The molecule has 4 nitrogen and oxygen atoms in total. The number of benzene rings is 2. The third-order valence-corrected chi connectivity index (χ3v) is 4.92. The number of ether oxygens (including phenoxy) is 1. The Hall–Kier alpha value is -2.04. The molecule has 0 aromatic heterocycles. The highest BCUT2D eigenvalue weighted by molar-refractivity contribution is 6.31. The number of aryl methyl sites for hydroxylation is 1. The van der Waals surface area contributed by atoms with Crippen molar-refractivity contribution in [1.82, 2.24) is 4.90 Å². The second-order valence-electron chi connectivity index (χ2n) is 6.41. The molecule has 1 saturated heterocycles. The fraction of sp³-hybridized carbons (Fsp3) is 0.350. The molecule has 25 heavy (non-hydrogen) atoms. The number of likely N-dealkylation sites (tertiary alicyclic amines) is 1. The average molecular weight is 359 g/mol. The smallest absolute Gasteiger partial charge is 0.238 e. The van der Waals surface area contributed by atoms with Gasteiger partial charge in [-0.05, 0) is 61.7 Å². The molecule has 3 rings (SSSR count). The zero-order chi connectivity index (χ0) is 17.8. The molecule has 1 fully saturated rings. The standard InChI is InChI=1S/C20H23ClN2O2/c1-14-5-8-16(21)12-18(14)22-20(24)13-23-11-3-4-19(23)15-6-9-17(25-2)10-7-15/h5-10,12,19H,3-4,11,13H2,1-2H3,(H,22,24). The minimum atomic E-state index is -0.00854. The van der Waals surface area contributed by atoms with E-state index in [1.807, 2.05) is 31.2 Å². The van der Waals surface area contributed by atoms with Crippen molar-refractivity contribution >= 4 is 23.2 Å². The highest BCUT2D eigenvalue weighted by Crippen LogP contribution is 2.32. The maximum atomic E-state index is 12.5. The van der Waals surface area contributed by atoms with E-state index >= 15 is 0 Å². The first-order valence-electron chi connectivity index (χ1n) is 8.51. The summed E-state index contributed by atoms with van der Waals surface area (Å²) in [6.45, 7) is 3.27. The van der Waals surface area contributed by atoms with E-state index in [0.29, 0.717) is 11.6 Å². The summed E-state index contributed by atoms with van der Waals surface area (Å²) < 4.78 is 5.22. The van der Waals surface area contributed by atoms with Gasteiger partial charge in [0.1, 0.15) is 5.75 Å². The maximum absolute atomic E-state index is 12.5. The molecule has 0 aliphatic carbocycles. The fourth-order valence-corrected chi connectivity index (χ4v) is 3.49. The van der Waals surface area contributed by atoms with Crippen molar-refractivity contribution in [2.75, 3.05) is 25.5 Å². The summed E-state index contributed by atoms with van der Waals surface area (Å²) in [6, 6.07) is 13.9. The largest absolute Gasteiger partial charge is 0.497 e. The van der Waals surface area contributed by atoms with Gasteiger partial charge in [0.2, 0.25) is 5.91 Å². The van der Waals surface area contributed by atoms with Gasteiger partial charge in [-0.3, -0.25) is 9.69 Å².